The second-order valence-electron chi connectivity index (χ2n) is 5.27. The largest absolute Gasteiger partial charge is 0.378 e. The van der Waals surface area contributed by atoms with Gasteiger partial charge in [-0.15, -0.1) is 11.3 Å². The summed E-state index contributed by atoms with van der Waals surface area (Å²) < 4.78 is 5.51. The van der Waals surface area contributed by atoms with E-state index in [9.17, 15) is 4.79 Å². The fourth-order valence-electron chi connectivity index (χ4n) is 2.21. The number of aromatic nitrogens is 1. The molecule has 0 saturated carbocycles. The van der Waals surface area contributed by atoms with Gasteiger partial charge in [0, 0.05) is 36.7 Å². The van der Waals surface area contributed by atoms with Crippen LogP contribution in [0.2, 0.25) is 0 Å². The number of rotatable bonds is 6. The minimum atomic E-state index is -0.108. The van der Waals surface area contributed by atoms with Gasteiger partial charge in [0.2, 0.25) is 0 Å². The van der Waals surface area contributed by atoms with E-state index in [0.717, 1.165) is 30.9 Å². The summed E-state index contributed by atoms with van der Waals surface area (Å²) in [4.78, 5) is 17.2. The molecule has 0 radical (unpaired) electrons. The number of carbonyl (C=O) groups excluding carboxylic acids is 1. The molecule has 1 aliphatic rings. The Bertz CT molecular complexity index is 430. The molecule has 1 aromatic heterocycles. The molecule has 0 unspecified atom stereocenters. The molecule has 20 heavy (non-hydrogen) atoms. The molecule has 1 saturated heterocycles. The molecule has 2 heterocycles. The van der Waals surface area contributed by atoms with E-state index in [1.807, 2.05) is 13.1 Å². The van der Waals surface area contributed by atoms with Crippen molar-refractivity contribution in [2.75, 3.05) is 19.7 Å². The van der Waals surface area contributed by atoms with Crippen molar-refractivity contribution in [1.29, 1.82) is 0 Å². The molecular weight excluding hydrogens is 274 g/mol. The summed E-state index contributed by atoms with van der Waals surface area (Å²) in [7, 11) is 0. The van der Waals surface area contributed by atoms with E-state index < -0.39 is 0 Å². The highest BCUT2D eigenvalue weighted by Crippen LogP contribution is 2.20. The maximum atomic E-state index is 11.7. The molecule has 0 aliphatic carbocycles. The Morgan fingerprint density at radius 1 is 1.60 bits per heavy atom. The van der Waals surface area contributed by atoms with Crippen molar-refractivity contribution in [2.45, 2.75) is 45.1 Å². The number of amides is 2. The predicted molar refractivity (Wildman–Crippen MR) is 80.3 cm³/mol. The van der Waals surface area contributed by atoms with Crippen LogP contribution in [-0.2, 0) is 4.74 Å². The number of carbonyl (C=O) groups is 1. The standard InChI is InChI=1S/C14H23N3O2S/c1-10(13-16-9-11(2)20-13)8-17-14(18)15-6-5-12-4-3-7-19-12/h9-10,12H,3-8H2,1-2H3,(H2,15,17,18)/t10-,12-/m1/s1. The van der Waals surface area contributed by atoms with Gasteiger partial charge in [0.1, 0.15) is 0 Å². The summed E-state index contributed by atoms with van der Waals surface area (Å²) >= 11 is 1.68. The summed E-state index contributed by atoms with van der Waals surface area (Å²) in [5.74, 6) is 0.248. The van der Waals surface area contributed by atoms with Crippen LogP contribution in [0.5, 0.6) is 0 Å². The van der Waals surface area contributed by atoms with Crippen molar-refractivity contribution < 1.29 is 9.53 Å². The van der Waals surface area contributed by atoms with Gasteiger partial charge in [0.05, 0.1) is 11.1 Å². The summed E-state index contributed by atoms with van der Waals surface area (Å²) in [6.07, 6.45) is 5.35. The lowest BCUT2D eigenvalue weighted by Crippen LogP contribution is -2.38. The van der Waals surface area contributed by atoms with Gasteiger partial charge >= 0.3 is 6.03 Å². The van der Waals surface area contributed by atoms with Gasteiger partial charge in [0.15, 0.2) is 0 Å². The van der Waals surface area contributed by atoms with Gasteiger partial charge in [-0.25, -0.2) is 9.78 Å². The van der Waals surface area contributed by atoms with E-state index >= 15 is 0 Å². The van der Waals surface area contributed by atoms with Crippen LogP contribution in [0.25, 0.3) is 0 Å². The van der Waals surface area contributed by atoms with Crippen molar-refractivity contribution in [3.63, 3.8) is 0 Å². The van der Waals surface area contributed by atoms with Crippen LogP contribution in [0.15, 0.2) is 6.20 Å². The second kappa shape index (κ2) is 7.59. The fourth-order valence-corrected chi connectivity index (χ4v) is 3.04. The van der Waals surface area contributed by atoms with Crippen LogP contribution < -0.4 is 10.6 Å². The maximum absolute atomic E-state index is 11.7. The molecule has 2 amide bonds. The van der Waals surface area contributed by atoms with Gasteiger partial charge in [0.25, 0.3) is 0 Å². The molecule has 2 N–H and O–H groups in total. The highest BCUT2D eigenvalue weighted by Gasteiger charge is 2.15. The summed E-state index contributed by atoms with van der Waals surface area (Å²) in [6, 6.07) is -0.108. The summed E-state index contributed by atoms with van der Waals surface area (Å²) in [6.45, 7) is 6.26. The summed E-state index contributed by atoms with van der Waals surface area (Å²) in [5.41, 5.74) is 0. The highest BCUT2D eigenvalue weighted by atomic mass is 32.1. The van der Waals surface area contributed by atoms with Gasteiger partial charge in [-0.1, -0.05) is 6.92 Å². The van der Waals surface area contributed by atoms with Crippen LogP contribution in [-0.4, -0.2) is 36.8 Å². The zero-order chi connectivity index (χ0) is 14.4. The molecule has 0 bridgehead atoms. The van der Waals surface area contributed by atoms with Crippen LogP contribution in [0.3, 0.4) is 0 Å². The number of nitrogens with one attached hydrogen (secondary N) is 2. The Balaban J connectivity index is 1.59. The average molecular weight is 297 g/mol. The molecule has 6 heteroatoms. The van der Waals surface area contributed by atoms with Crippen molar-refractivity contribution in [1.82, 2.24) is 15.6 Å². The van der Waals surface area contributed by atoms with E-state index in [-0.39, 0.29) is 11.9 Å². The number of urea groups is 1. The minimum Gasteiger partial charge on any atom is -0.378 e. The number of thiazole rings is 1. The lowest BCUT2D eigenvalue weighted by atomic mass is 10.2. The zero-order valence-corrected chi connectivity index (χ0v) is 13.0. The van der Waals surface area contributed by atoms with Crippen molar-refractivity contribution in [3.05, 3.63) is 16.1 Å². The van der Waals surface area contributed by atoms with Crippen molar-refractivity contribution >= 4 is 17.4 Å². The van der Waals surface area contributed by atoms with Crippen LogP contribution in [0, 0.1) is 6.92 Å². The predicted octanol–water partition coefficient (Wildman–Crippen LogP) is 2.42. The number of nitrogens with zero attached hydrogens (tertiary/aromatic N) is 1. The Morgan fingerprint density at radius 3 is 3.10 bits per heavy atom. The first-order valence-corrected chi connectivity index (χ1v) is 8.02. The Morgan fingerprint density at radius 2 is 2.45 bits per heavy atom. The first kappa shape index (κ1) is 15.3. The highest BCUT2D eigenvalue weighted by molar-refractivity contribution is 7.11. The molecule has 0 spiro atoms. The van der Waals surface area contributed by atoms with Crippen LogP contribution in [0.4, 0.5) is 4.79 Å². The van der Waals surface area contributed by atoms with E-state index in [2.05, 4.69) is 22.5 Å². The molecular formula is C14H23N3O2S. The first-order valence-electron chi connectivity index (χ1n) is 7.21. The maximum Gasteiger partial charge on any atom is 0.314 e. The van der Waals surface area contributed by atoms with Gasteiger partial charge in [-0.3, -0.25) is 0 Å². The number of hydrogen-bond donors (Lipinski definition) is 2. The minimum absolute atomic E-state index is 0.108. The lowest BCUT2D eigenvalue weighted by molar-refractivity contribution is 0.104. The van der Waals surface area contributed by atoms with Crippen LogP contribution >= 0.6 is 11.3 Å². The summed E-state index contributed by atoms with van der Waals surface area (Å²) in [5, 5.41) is 6.84. The van der Waals surface area contributed by atoms with E-state index in [0.29, 0.717) is 19.2 Å². The number of hydrogen-bond acceptors (Lipinski definition) is 4. The Hall–Kier alpha value is -1.14. The number of ether oxygens (including phenoxy) is 1. The molecule has 2 atom stereocenters. The fraction of sp³-hybridized carbons (Fsp3) is 0.714. The quantitative estimate of drug-likeness (QED) is 0.847. The normalized spacial score (nSPS) is 19.8. The first-order chi connectivity index (χ1) is 9.65. The van der Waals surface area contributed by atoms with Crippen molar-refractivity contribution in [3.8, 4) is 0 Å². The Labute approximate surface area is 124 Å². The van der Waals surface area contributed by atoms with Crippen molar-refractivity contribution in [2.24, 2.45) is 0 Å². The third kappa shape index (κ3) is 4.76. The zero-order valence-electron chi connectivity index (χ0n) is 12.1. The smallest absolute Gasteiger partial charge is 0.314 e. The third-order valence-electron chi connectivity index (χ3n) is 3.41. The van der Waals surface area contributed by atoms with Gasteiger partial charge in [-0.05, 0) is 26.2 Å². The molecule has 1 aliphatic heterocycles. The van der Waals surface area contributed by atoms with E-state index in [4.69, 9.17) is 4.74 Å². The monoisotopic (exact) mass is 297 g/mol. The molecule has 2 rings (SSSR count). The Kier molecular flexibility index (Phi) is 5.79. The van der Waals surface area contributed by atoms with Gasteiger partial charge in [-0.2, -0.15) is 0 Å². The van der Waals surface area contributed by atoms with E-state index in [1.54, 1.807) is 11.3 Å². The molecule has 5 nitrogen and oxygen atoms in total. The third-order valence-corrected chi connectivity index (χ3v) is 4.55. The lowest BCUT2D eigenvalue weighted by Gasteiger charge is -2.13. The van der Waals surface area contributed by atoms with E-state index in [1.165, 1.54) is 4.88 Å². The van der Waals surface area contributed by atoms with Gasteiger partial charge < -0.3 is 15.4 Å². The molecule has 1 fully saturated rings. The molecule has 0 aromatic carbocycles. The molecule has 1 aromatic rings. The van der Waals surface area contributed by atoms with Crippen LogP contribution in [0.1, 0.15) is 42.0 Å². The topological polar surface area (TPSA) is 63.2 Å². The second-order valence-corrected chi connectivity index (χ2v) is 6.54. The number of aryl methyl sites for hydroxylation is 1. The average Bonchev–Trinajstić information content (AvgIpc) is 3.07. The molecule has 112 valence electrons. The SMILES string of the molecule is Cc1cnc([C@H](C)CNC(=O)NCC[C@H]2CCCO2)s1.